The first kappa shape index (κ1) is 20.6. The Bertz CT molecular complexity index is 745. The molecule has 0 unspecified atom stereocenters. The molecule has 0 heterocycles. The molecule has 2 amide bonds. The number of sulfone groups is 1. The van der Waals surface area contributed by atoms with E-state index in [0.29, 0.717) is 6.54 Å². The van der Waals surface area contributed by atoms with Crippen molar-refractivity contribution in [2.75, 3.05) is 18.9 Å². The first-order valence-corrected chi connectivity index (χ1v) is 9.44. The summed E-state index contributed by atoms with van der Waals surface area (Å²) in [6.07, 6.45) is 0. The fraction of sp³-hybridized carbons (Fsp3) is 0.438. The maximum Gasteiger partial charge on any atom is 0.339 e. The minimum atomic E-state index is -3.60. The summed E-state index contributed by atoms with van der Waals surface area (Å²) >= 11 is 0. The van der Waals surface area contributed by atoms with Crippen LogP contribution in [0.1, 0.15) is 31.1 Å². The Balaban J connectivity index is 2.73. The van der Waals surface area contributed by atoms with E-state index in [4.69, 9.17) is 4.74 Å². The average molecular weight is 370 g/mol. The predicted molar refractivity (Wildman–Crippen MR) is 90.7 cm³/mol. The van der Waals surface area contributed by atoms with Gasteiger partial charge in [0.25, 0.3) is 5.91 Å². The quantitative estimate of drug-likeness (QED) is 0.635. The fourth-order valence-corrected chi connectivity index (χ4v) is 3.03. The van der Waals surface area contributed by atoms with Gasteiger partial charge in [0.15, 0.2) is 16.4 Å². The number of nitrogens with one attached hydrogen (secondary N) is 2. The molecule has 1 rings (SSSR count). The third kappa shape index (κ3) is 5.86. The van der Waals surface area contributed by atoms with Crippen molar-refractivity contribution in [1.29, 1.82) is 0 Å². The van der Waals surface area contributed by atoms with Crippen LogP contribution in [0, 0.1) is 0 Å². The Labute approximate surface area is 146 Å². The molecular weight excluding hydrogens is 348 g/mol. The Morgan fingerprint density at radius 1 is 1.16 bits per heavy atom. The zero-order valence-electron chi connectivity index (χ0n) is 14.4. The first-order chi connectivity index (χ1) is 11.7. The molecule has 1 atom stereocenters. The Morgan fingerprint density at radius 3 is 2.40 bits per heavy atom. The zero-order chi connectivity index (χ0) is 19.0. The lowest BCUT2D eigenvalue weighted by molar-refractivity contribution is -0.130. The summed E-state index contributed by atoms with van der Waals surface area (Å²) in [6.45, 7) is 4.51. The van der Waals surface area contributed by atoms with Crippen molar-refractivity contribution in [3.05, 3.63) is 29.8 Å². The standard InChI is InChI=1S/C16H22N2O6S/c1-4-17-15(20)11(3)18-14(19)10-24-16(21)12-8-6-7-9-13(12)25(22,23)5-2/h6-9,11H,4-5,10H2,1-3H3,(H,17,20)(H,18,19)/t11-/m0/s1. The van der Waals surface area contributed by atoms with E-state index in [1.165, 1.54) is 38.1 Å². The normalized spacial score (nSPS) is 12.1. The minimum Gasteiger partial charge on any atom is -0.452 e. The predicted octanol–water partition coefficient (Wildman–Crippen LogP) is 0.278. The lowest BCUT2D eigenvalue weighted by Gasteiger charge is -2.14. The van der Waals surface area contributed by atoms with E-state index in [1.807, 2.05) is 0 Å². The molecule has 0 saturated heterocycles. The lowest BCUT2D eigenvalue weighted by atomic mass is 10.2. The SMILES string of the molecule is CCNC(=O)[C@H](C)NC(=O)COC(=O)c1ccccc1S(=O)(=O)CC. The monoisotopic (exact) mass is 370 g/mol. The first-order valence-electron chi connectivity index (χ1n) is 7.78. The topological polar surface area (TPSA) is 119 Å². The summed E-state index contributed by atoms with van der Waals surface area (Å²) < 4.78 is 28.9. The van der Waals surface area contributed by atoms with E-state index in [2.05, 4.69) is 10.6 Å². The molecule has 0 radical (unpaired) electrons. The van der Waals surface area contributed by atoms with Crippen molar-refractivity contribution in [2.24, 2.45) is 0 Å². The second kappa shape index (κ2) is 9.16. The van der Waals surface area contributed by atoms with Crippen LogP contribution < -0.4 is 10.6 Å². The van der Waals surface area contributed by atoms with Crippen LogP contribution in [0.5, 0.6) is 0 Å². The van der Waals surface area contributed by atoms with E-state index in [-0.39, 0.29) is 22.1 Å². The molecule has 138 valence electrons. The van der Waals surface area contributed by atoms with Gasteiger partial charge in [0.05, 0.1) is 16.2 Å². The van der Waals surface area contributed by atoms with Crippen LogP contribution in [-0.4, -0.2) is 51.1 Å². The van der Waals surface area contributed by atoms with Gasteiger partial charge in [-0.15, -0.1) is 0 Å². The number of rotatable bonds is 8. The van der Waals surface area contributed by atoms with Gasteiger partial charge in [0, 0.05) is 6.54 Å². The molecule has 0 aliphatic rings. The molecule has 1 aromatic rings. The number of ether oxygens (including phenoxy) is 1. The third-order valence-electron chi connectivity index (χ3n) is 3.28. The smallest absolute Gasteiger partial charge is 0.339 e. The minimum absolute atomic E-state index is 0.131. The largest absolute Gasteiger partial charge is 0.452 e. The van der Waals surface area contributed by atoms with Crippen LogP contribution in [0.4, 0.5) is 0 Å². The molecule has 25 heavy (non-hydrogen) atoms. The summed E-state index contributed by atoms with van der Waals surface area (Å²) in [5.41, 5.74) is -0.131. The number of amides is 2. The summed E-state index contributed by atoms with van der Waals surface area (Å²) in [7, 11) is -3.60. The van der Waals surface area contributed by atoms with E-state index < -0.39 is 34.4 Å². The summed E-state index contributed by atoms with van der Waals surface area (Å²) in [5.74, 6) is -2.11. The molecule has 9 heteroatoms. The molecule has 0 aliphatic carbocycles. The summed E-state index contributed by atoms with van der Waals surface area (Å²) in [4.78, 5) is 35.2. The number of hydrogen-bond acceptors (Lipinski definition) is 6. The Morgan fingerprint density at radius 2 is 1.80 bits per heavy atom. The van der Waals surface area contributed by atoms with Gasteiger partial charge >= 0.3 is 5.97 Å². The van der Waals surface area contributed by atoms with Crippen LogP contribution in [-0.2, 0) is 24.2 Å². The second-order valence-corrected chi connectivity index (χ2v) is 7.41. The fourth-order valence-electron chi connectivity index (χ4n) is 1.95. The highest BCUT2D eigenvalue weighted by atomic mass is 32.2. The van der Waals surface area contributed by atoms with Crippen LogP contribution in [0.25, 0.3) is 0 Å². The van der Waals surface area contributed by atoms with Crippen LogP contribution in [0.3, 0.4) is 0 Å². The van der Waals surface area contributed by atoms with E-state index in [9.17, 15) is 22.8 Å². The molecular formula is C16H22N2O6S. The molecule has 0 aromatic heterocycles. The zero-order valence-corrected chi connectivity index (χ0v) is 15.2. The van der Waals surface area contributed by atoms with Crippen molar-refractivity contribution >= 4 is 27.6 Å². The van der Waals surface area contributed by atoms with Crippen LogP contribution in [0.15, 0.2) is 29.2 Å². The highest BCUT2D eigenvalue weighted by Crippen LogP contribution is 2.17. The molecule has 8 nitrogen and oxygen atoms in total. The molecule has 0 spiro atoms. The van der Waals surface area contributed by atoms with Gasteiger partial charge in [0.2, 0.25) is 5.91 Å². The van der Waals surface area contributed by atoms with Crippen LogP contribution >= 0.6 is 0 Å². The van der Waals surface area contributed by atoms with Crippen molar-refractivity contribution < 1.29 is 27.5 Å². The Hall–Kier alpha value is -2.42. The molecule has 1 aromatic carbocycles. The highest BCUT2D eigenvalue weighted by Gasteiger charge is 2.22. The van der Waals surface area contributed by atoms with Crippen molar-refractivity contribution in [2.45, 2.75) is 31.7 Å². The van der Waals surface area contributed by atoms with E-state index in [1.54, 1.807) is 6.92 Å². The van der Waals surface area contributed by atoms with Gasteiger partial charge in [-0.3, -0.25) is 9.59 Å². The number of likely N-dealkylation sites (N-methyl/N-ethyl adjacent to an activating group) is 1. The maximum atomic E-state index is 12.1. The number of carbonyl (C=O) groups excluding carboxylic acids is 3. The molecule has 2 N–H and O–H groups in total. The molecule has 0 aliphatic heterocycles. The van der Waals surface area contributed by atoms with E-state index >= 15 is 0 Å². The lowest BCUT2D eigenvalue weighted by Crippen LogP contribution is -2.46. The molecule has 0 bridgehead atoms. The van der Waals surface area contributed by atoms with E-state index in [0.717, 1.165) is 0 Å². The van der Waals surface area contributed by atoms with Gasteiger partial charge in [-0.1, -0.05) is 19.1 Å². The number of esters is 1. The number of carbonyl (C=O) groups is 3. The van der Waals surface area contributed by atoms with Crippen molar-refractivity contribution in [3.8, 4) is 0 Å². The second-order valence-electron chi connectivity index (χ2n) is 5.16. The number of hydrogen-bond donors (Lipinski definition) is 2. The van der Waals surface area contributed by atoms with Gasteiger partial charge < -0.3 is 15.4 Å². The molecule has 0 saturated carbocycles. The van der Waals surface area contributed by atoms with Crippen LogP contribution in [0.2, 0.25) is 0 Å². The highest BCUT2D eigenvalue weighted by molar-refractivity contribution is 7.91. The van der Waals surface area contributed by atoms with Crippen molar-refractivity contribution in [3.63, 3.8) is 0 Å². The number of benzene rings is 1. The Kier molecular flexibility index (Phi) is 7.56. The van der Waals surface area contributed by atoms with Gasteiger partial charge in [-0.25, -0.2) is 13.2 Å². The maximum absolute atomic E-state index is 12.1. The third-order valence-corrected chi connectivity index (χ3v) is 5.06. The average Bonchev–Trinajstić information content (AvgIpc) is 2.59. The van der Waals surface area contributed by atoms with Gasteiger partial charge in [0.1, 0.15) is 6.04 Å². The summed E-state index contributed by atoms with van der Waals surface area (Å²) in [5, 5.41) is 4.92. The summed E-state index contributed by atoms with van der Waals surface area (Å²) in [6, 6.07) is 4.86. The molecule has 0 fully saturated rings. The van der Waals surface area contributed by atoms with Crippen molar-refractivity contribution in [1.82, 2.24) is 10.6 Å². The van der Waals surface area contributed by atoms with Gasteiger partial charge in [-0.2, -0.15) is 0 Å². The van der Waals surface area contributed by atoms with Gasteiger partial charge in [-0.05, 0) is 26.0 Å².